The number of aromatic nitrogens is 2. The summed E-state index contributed by atoms with van der Waals surface area (Å²) in [5.41, 5.74) is 2.23. The van der Waals surface area contributed by atoms with Crippen molar-refractivity contribution < 1.29 is 13.9 Å². The second-order valence-electron chi connectivity index (χ2n) is 7.53. The van der Waals surface area contributed by atoms with Gasteiger partial charge in [0.1, 0.15) is 12.0 Å². The van der Waals surface area contributed by atoms with Gasteiger partial charge in [-0.1, -0.05) is 17.7 Å². The van der Waals surface area contributed by atoms with Crippen molar-refractivity contribution in [3.63, 3.8) is 0 Å². The topological polar surface area (TPSA) is 83.7 Å². The standard InChI is InChI=1S/C23H26ClN5O3/c1-31-21-6-5-17(24)14-20(21)29-12-10-28(11-13-29)15-22-27-19(16-32-22)23(30)26-9-7-18-4-2-3-8-25-18/h2-6,8,14,16H,7,9-13,15H2,1H3,(H,26,30). The quantitative estimate of drug-likeness (QED) is 0.559. The molecule has 168 valence electrons. The summed E-state index contributed by atoms with van der Waals surface area (Å²) in [6.07, 6.45) is 3.82. The maximum Gasteiger partial charge on any atom is 0.273 e. The van der Waals surface area contributed by atoms with E-state index in [1.165, 1.54) is 6.26 Å². The molecule has 32 heavy (non-hydrogen) atoms. The van der Waals surface area contributed by atoms with Gasteiger partial charge in [0.15, 0.2) is 5.69 Å². The number of ether oxygens (including phenoxy) is 1. The second kappa shape index (κ2) is 10.5. The molecular formula is C23H26ClN5O3. The first-order valence-corrected chi connectivity index (χ1v) is 10.9. The van der Waals surface area contributed by atoms with E-state index in [4.69, 9.17) is 20.8 Å². The van der Waals surface area contributed by atoms with Crippen LogP contribution in [0.15, 0.2) is 53.3 Å². The summed E-state index contributed by atoms with van der Waals surface area (Å²) >= 11 is 6.17. The Hall–Kier alpha value is -3.10. The molecule has 3 aromatic rings. The van der Waals surface area contributed by atoms with E-state index in [1.807, 2.05) is 36.4 Å². The Balaban J connectivity index is 1.25. The van der Waals surface area contributed by atoms with Gasteiger partial charge in [0, 0.05) is 56.1 Å². The molecule has 0 atom stereocenters. The molecule has 0 unspecified atom stereocenters. The van der Waals surface area contributed by atoms with E-state index in [0.717, 1.165) is 43.3 Å². The molecule has 2 aromatic heterocycles. The van der Waals surface area contributed by atoms with E-state index in [9.17, 15) is 4.79 Å². The number of nitrogens with one attached hydrogen (secondary N) is 1. The summed E-state index contributed by atoms with van der Waals surface area (Å²) in [5.74, 6) is 1.11. The molecule has 1 aromatic carbocycles. The van der Waals surface area contributed by atoms with E-state index in [2.05, 4.69) is 25.1 Å². The van der Waals surface area contributed by atoms with Crippen molar-refractivity contribution in [3.05, 3.63) is 71.2 Å². The number of amides is 1. The molecule has 4 rings (SSSR count). The SMILES string of the molecule is COc1ccc(Cl)cc1N1CCN(Cc2nc(C(=O)NCCc3ccccn3)co2)CC1. The Kier molecular flexibility index (Phi) is 7.24. The summed E-state index contributed by atoms with van der Waals surface area (Å²) in [6, 6.07) is 11.4. The number of carbonyl (C=O) groups is 1. The Morgan fingerprint density at radius 2 is 2.06 bits per heavy atom. The molecular weight excluding hydrogens is 430 g/mol. The lowest BCUT2D eigenvalue weighted by atomic mass is 10.2. The molecule has 1 saturated heterocycles. The predicted octanol–water partition coefficient (Wildman–Crippen LogP) is 3.03. The smallest absolute Gasteiger partial charge is 0.273 e. The maximum absolute atomic E-state index is 12.3. The minimum Gasteiger partial charge on any atom is -0.495 e. The first-order chi connectivity index (χ1) is 15.6. The van der Waals surface area contributed by atoms with Crippen LogP contribution in [0.3, 0.4) is 0 Å². The van der Waals surface area contributed by atoms with Crippen molar-refractivity contribution in [2.45, 2.75) is 13.0 Å². The Morgan fingerprint density at radius 1 is 1.22 bits per heavy atom. The summed E-state index contributed by atoms with van der Waals surface area (Å²) in [7, 11) is 1.66. The van der Waals surface area contributed by atoms with Crippen LogP contribution in [0.5, 0.6) is 5.75 Å². The van der Waals surface area contributed by atoms with Gasteiger partial charge in [-0.15, -0.1) is 0 Å². The normalized spacial score (nSPS) is 14.4. The highest BCUT2D eigenvalue weighted by molar-refractivity contribution is 6.30. The highest BCUT2D eigenvalue weighted by atomic mass is 35.5. The molecule has 1 fully saturated rings. The Morgan fingerprint density at radius 3 is 2.81 bits per heavy atom. The number of rotatable bonds is 8. The van der Waals surface area contributed by atoms with Crippen LogP contribution in [0.2, 0.25) is 5.02 Å². The van der Waals surface area contributed by atoms with Crippen molar-refractivity contribution in [1.82, 2.24) is 20.2 Å². The van der Waals surface area contributed by atoms with Gasteiger partial charge in [0.2, 0.25) is 5.89 Å². The number of halogens is 1. The lowest BCUT2D eigenvalue weighted by Gasteiger charge is -2.36. The molecule has 0 aliphatic carbocycles. The number of benzene rings is 1. The van der Waals surface area contributed by atoms with Crippen molar-refractivity contribution >= 4 is 23.2 Å². The van der Waals surface area contributed by atoms with E-state index in [1.54, 1.807) is 13.3 Å². The fourth-order valence-electron chi connectivity index (χ4n) is 3.68. The number of piperazine rings is 1. The monoisotopic (exact) mass is 455 g/mol. The third kappa shape index (κ3) is 5.57. The van der Waals surface area contributed by atoms with Gasteiger partial charge < -0.3 is 19.4 Å². The van der Waals surface area contributed by atoms with Crippen LogP contribution < -0.4 is 15.0 Å². The van der Waals surface area contributed by atoms with Gasteiger partial charge in [-0.05, 0) is 30.3 Å². The third-order valence-corrected chi connectivity index (χ3v) is 5.63. The summed E-state index contributed by atoms with van der Waals surface area (Å²) < 4.78 is 11.0. The van der Waals surface area contributed by atoms with Crippen LogP contribution >= 0.6 is 11.6 Å². The highest BCUT2D eigenvalue weighted by Crippen LogP contribution is 2.32. The van der Waals surface area contributed by atoms with Gasteiger partial charge >= 0.3 is 0 Å². The van der Waals surface area contributed by atoms with Gasteiger partial charge in [0.25, 0.3) is 5.91 Å². The number of carbonyl (C=O) groups excluding carboxylic acids is 1. The van der Waals surface area contributed by atoms with Gasteiger partial charge in [-0.25, -0.2) is 4.98 Å². The molecule has 1 amide bonds. The van der Waals surface area contributed by atoms with Crippen molar-refractivity contribution in [3.8, 4) is 5.75 Å². The first-order valence-electron chi connectivity index (χ1n) is 10.6. The van der Waals surface area contributed by atoms with Gasteiger partial charge in [-0.2, -0.15) is 0 Å². The second-order valence-corrected chi connectivity index (χ2v) is 7.97. The number of oxazole rings is 1. The number of anilines is 1. The minimum absolute atomic E-state index is 0.242. The fourth-order valence-corrected chi connectivity index (χ4v) is 3.84. The molecule has 8 nitrogen and oxygen atoms in total. The van der Waals surface area contributed by atoms with E-state index in [0.29, 0.717) is 36.1 Å². The van der Waals surface area contributed by atoms with Crippen molar-refractivity contribution in [2.24, 2.45) is 0 Å². The number of pyridine rings is 1. The average Bonchev–Trinajstić information content (AvgIpc) is 3.29. The third-order valence-electron chi connectivity index (χ3n) is 5.39. The van der Waals surface area contributed by atoms with E-state index < -0.39 is 0 Å². The molecule has 0 spiro atoms. The largest absolute Gasteiger partial charge is 0.495 e. The van der Waals surface area contributed by atoms with Crippen LogP contribution in [-0.4, -0.2) is 60.6 Å². The van der Waals surface area contributed by atoms with Crippen LogP contribution in [0, 0.1) is 0 Å². The molecule has 1 aliphatic rings. The predicted molar refractivity (Wildman–Crippen MR) is 122 cm³/mol. The Labute approximate surface area is 192 Å². The zero-order valence-electron chi connectivity index (χ0n) is 18.0. The number of hydrogen-bond acceptors (Lipinski definition) is 7. The molecule has 0 bridgehead atoms. The summed E-state index contributed by atoms with van der Waals surface area (Å²) in [6.45, 7) is 4.39. The average molecular weight is 456 g/mol. The molecule has 1 N–H and O–H groups in total. The fraction of sp³-hybridized carbons (Fsp3) is 0.348. The summed E-state index contributed by atoms with van der Waals surface area (Å²) in [5, 5.41) is 3.55. The number of hydrogen-bond donors (Lipinski definition) is 1. The summed E-state index contributed by atoms with van der Waals surface area (Å²) in [4.78, 5) is 25.5. The van der Waals surface area contributed by atoms with Crippen molar-refractivity contribution in [1.29, 1.82) is 0 Å². The lowest BCUT2D eigenvalue weighted by molar-refractivity contribution is 0.0949. The molecule has 3 heterocycles. The zero-order chi connectivity index (χ0) is 22.3. The molecule has 1 aliphatic heterocycles. The lowest BCUT2D eigenvalue weighted by Crippen LogP contribution is -2.46. The number of nitrogens with zero attached hydrogens (tertiary/aromatic N) is 4. The molecule has 9 heteroatoms. The first kappa shape index (κ1) is 22.1. The van der Waals surface area contributed by atoms with Crippen LogP contribution in [0.4, 0.5) is 5.69 Å². The maximum atomic E-state index is 12.3. The molecule has 0 radical (unpaired) electrons. The Bertz CT molecular complexity index is 1040. The van der Waals surface area contributed by atoms with Crippen LogP contribution in [0.1, 0.15) is 22.1 Å². The van der Waals surface area contributed by atoms with Gasteiger partial charge in [0.05, 0.1) is 19.3 Å². The molecule has 0 saturated carbocycles. The van der Waals surface area contributed by atoms with E-state index >= 15 is 0 Å². The van der Waals surface area contributed by atoms with Crippen molar-refractivity contribution in [2.75, 3.05) is 44.7 Å². The zero-order valence-corrected chi connectivity index (χ0v) is 18.7. The van der Waals surface area contributed by atoms with E-state index in [-0.39, 0.29) is 5.91 Å². The minimum atomic E-state index is -0.242. The van der Waals surface area contributed by atoms with Gasteiger partial charge in [-0.3, -0.25) is 14.7 Å². The number of methoxy groups -OCH3 is 1. The highest BCUT2D eigenvalue weighted by Gasteiger charge is 2.22. The van der Waals surface area contributed by atoms with Crippen LogP contribution in [-0.2, 0) is 13.0 Å². The van der Waals surface area contributed by atoms with Crippen LogP contribution in [0.25, 0.3) is 0 Å².